The zero-order chi connectivity index (χ0) is 10.2. The largest absolute Gasteiger partial charge is 0.0875 e. The highest BCUT2D eigenvalue weighted by Gasteiger charge is 2.17. The lowest BCUT2D eigenvalue weighted by molar-refractivity contribution is 1.44. The Bertz CT molecular complexity index is 320. The van der Waals surface area contributed by atoms with Crippen molar-refractivity contribution in [3.63, 3.8) is 0 Å². The van der Waals surface area contributed by atoms with Crippen LogP contribution >= 0.6 is 73.9 Å². The van der Waals surface area contributed by atoms with Gasteiger partial charge in [0.1, 0.15) is 0 Å². The Labute approximate surface area is 109 Å². The Balaban J connectivity index is 3.56. The fourth-order valence-corrected chi connectivity index (χ4v) is 2.96. The van der Waals surface area contributed by atoms with Crippen molar-refractivity contribution >= 4 is 73.9 Å². The lowest BCUT2D eigenvalue weighted by Gasteiger charge is -2.09. The molecule has 1 rings (SSSR count). The first kappa shape index (κ1) is 12.2. The van der Waals surface area contributed by atoms with Gasteiger partial charge >= 0.3 is 0 Å². The lowest BCUT2D eigenvalue weighted by Crippen LogP contribution is -1.87. The first-order valence-electron chi connectivity index (χ1n) is 3.07. The van der Waals surface area contributed by atoms with Gasteiger partial charge in [-0.05, 0) is 0 Å². The molecule has 0 aliphatic rings. The van der Waals surface area contributed by atoms with Crippen molar-refractivity contribution in [3.8, 4) is 0 Å². The normalized spacial score (nSPS) is 10.6. The summed E-state index contributed by atoms with van der Waals surface area (Å²) in [7, 11) is 0. The van der Waals surface area contributed by atoms with E-state index in [1.807, 2.05) is 0 Å². The van der Waals surface area contributed by atoms with Gasteiger partial charge in [-0.3, -0.25) is 0 Å². The Kier molecular flexibility index (Phi) is 4.49. The van der Waals surface area contributed by atoms with Crippen molar-refractivity contribution in [1.82, 2.24) is 0 Å². The van der Waals surface area contributed by atoms with Crippen LogP contribution in [0.4, 0.5) is 0 Å². The molecule has 13 heavy (non-hydrogen) atoms. The Hall–Kier alpha value is 1.15. The Morgan fingerprint density at radius 1 is 0.692 bits per heavy atom. The average Bonchev–Trinajstić information content (AvgIpc) is 2.13. The molecule has 0 aliphatic carbocycles. The zero-order valence-electron chi connectivity index (χ0n) is 5.97. The summed E-state index contributed by atoms with van der Waals surface area (Å²) < 4.78 is 0. The van der Waals surface area contributed by atoms with Crippen LogP contribution in [0.5, 0.6) is 0 Å². The molecular formula is C7H2BrCl5. The van der Waals surface area contributed by atoms with Crippen LogP contribution in [0.15, 0.2) is 0 Å². The van der Waals surface area contributed by atoms with Gasteiger partial charge in [0.25, 0.3) is 0 Å². The topological polar surface area (TPSA) is 0 Å². The summed E-state index contributed by atoms with van der Waals surface area (Å²) >= 11 is 32.4. The van der Waals surface area contributed by atoms with Crippen LogP contribution in [0, 0.1) is 0 Å². The molecule has 0 heterocycles. The van der Waals surface area contributed by atoms with Gasteiger partial charge in [0, 0.05) is 10.9 Å². The monoisotopic (exact) mass is 340 g/mol. The van der Waals surface area contributed by atoms with E-state index in [0.29, 0.717) is 20.9 Å². The molecule has 0 aliphatic heterocycles. The maximum Gasteiger partial charge on any atom is 0.0809 e. The minimum atomic E-state index is 0.183. The SMILES string of the molecule is Clc1c(Cl)c(Cl)c(CBr)c(Cl)c1Cl. The maximum absolute atomic E-state index is 5.89. The molecule has 0 bridgehead atoms. The van der Waals surface area contributed by atoms with Gasteiger partial charge < -0.3 is 0 Å². The van der Waals surface area contributed by atoms with E-state index in [2.05, 4.69) is 15.9 Å². The second kappa shape index (κ2) is 4.78. The smallest absolute Gasteiger partial charge is 0.0809 e. The summed E-state index contributed by atoms with van der Waals surface area (Å²) in [6.45, 7) is 0. The fourth-order valence-electron chi connectivity index (χ4n) is 0.768. The van der Waals surface area contributed by atoms with Crippen LogP contribution in [0.1, 0.15) is 5.56 Å². The molecule has 0 aromatic heterocycles. The number of hydrogen-bond donors (Lipinski definition) is 0. The van der Waals surface area contributed by atoms with E-state index in [9.17, 15) is 0 Å². The summed E-state index contributed by atoms with van der Waals surface area (Å²) in [6.07, 6.45) is 0. The van der Waals surface area contributed by atoms with E-state index in [0.717, 1.165) is 0 Å². The molecule has 0 atom stereocenters. The van der Waals surface area contributed by atoms with E-state index in [4.69, 9.17) is 58.0 Å². The summed E-state index contributed by atoms with van der Waals surface area (Å²) in [6, 6.07) is 0. The van der Waals surface area contributed by atoms with E-state index >= 15 is 0 Å². The molecule has 1 aromatic carbocycles. The molecule has 1 aromatic rings. The van der Waals surface area contributed by atoms with Crippen molar-refractivity contribution in [2.24, 2.45) is 0 Å². The molecule has 0 amide bonds. The summed E-state index contributed by atoms with van der Waals surface area (Å²) in [5.74, 6) is 0. The summed E-state index contributed by atoms with van der Waals surface area (Å²) in [5, 5.41) is 1.78. The van der Waals surface area contributed by atoms with Gasteiger partial charge in [0.2, 0.25) is 0 Å². The Morgan fingerprint density at radius 3 is 1.31 bits per heavy atom. The summed E-state index contributed by atoms with van der Waals surface area (Å²) in [5.41, 5.74) is 0.641. The molecule has 0 saturated heterocycles. The third kappa shape index (κ3) is 2.22. The second-order valence-corrected chi connectivity index (χ2v) is 4.63. The van der Waals surface area contributed by atoms with E-state index in [-0.39, 0.29) is 15.1 Å². The van der Waals surface area contributed by atoms with Crippen molar-refractivity contribution in [1.29, 1.82) is 0 Å². The number of rotatable bonds is 1. The highest BCUT2D eigenvalue weighted by Crippen LogP contribution is 2.44. The van der Waals surface area contributed by atoms with Crippen LogP contribution in [0.2, 0.25) is 25.1 Å². The third-order valence-corrected chi connectivity index (χ3v) is 4.35. The fraction of sp³-hybridized carbons (Fsp3) is 0.143. The number of halogens is 6. The number of alkyl halides is 1. The summed E-state index contributed by atoms with van der Waals surface area (Å²) in [4.78, 5) is 0. The van der Waals surface area contributed by atoms with Crippen LogP contribution in [-0.2, 0) is 5.33 Å². The predicted octanol–water partition coefficient (Wildman–Crippen LogP) is 5.85. The highest BCUT2D eigenvalue weighted by molar-refractivity contribution is 9.08. The molecule has 0 fully saturated rings. The molecular weight excluding hydrogens is 341 g/mol. The first-order valence-corrected chi connectivity index (χ1v) is 6.08. The highest BCUT2D eigenvalue weighted by atomic mass is 79.9. The zero-order valence-corrected chi connectivity index (χ0v) is 11.3. The van der Waals surface area contributed by atoms with Crippen molar-refractivity contribution in [3.05, 3.63) is 30.7 Å². The second-order valence-electron chi connectivity index (χ2n) is 2.18. The molecule has 0 radical (unpaired) electrons. The standard InChI is InChI=1S/C7H2BrCl5/c8-1-2-3(9)5(11)7(13)6(12)4(2)10/h1H2. The van der Waals surface area contributed by atoms with Crippen LogP contribution in [0.3, 0.4) is 0 Å². The van der Waals surface area contributed by atoms with Crippen molar-refractivity contribution in [2.75, 3.05) is 0 Å². The number of hydrogen-bond acceptors (Lipinski definition) is 0. The minimum absolute atomic E-state index is 0.183. The van der Waals surface area contributed by atoms with E-state index in [1.165, 1.54) is 0 Å². The van der Waals surface area contributed by atoms with Crippen LogP contribution in [-0.4, -0.2) is 0 Å². The van der Waals surface area contributed by atoms with Gasteiger partial charge in [-0.25, -0.2) is 0 Å². The molecule has 72 valence electrons. The third-order valence-electron chi connectivity index (χ3n) is 1.43. The number of benzene rings is 1. The Morgan fingerprint density at radius 2 is 1.00 bits per heavy atom. The average molecular weight is 343 g/mol. The molecule has 6 heteroatoms. The van der Waals surface area contributed by atoms with Gasteiger partial charge in [0.05, 0.1) is 25.1 Å². The van der Waals surface area contributed by atoms with Crippen LogP contribution in [0.25, 0.3) is 0 Å². The molecule has 0 N–H and O–H groups in total. The van der Waals surface area contributed by atoms with Gasteiger partial charge in [-0.2, -0.15) is 0 Å². The van der Waals surface area contributed by atoms with Gasteiger partial charge in [-0.15, -0.1) is 0 Å². The minimum Gasteiger partial charge on any atom is -0.0875 e. The lowest BCUT2D eigenvalue weighted by atomic mass is 10.2. The molecule has 0 nitrogen and oxygen atoms in total. The van der Waals surface area contributed by atoms with Gasteiger partial charge in [0.15, 0.2) is 0 Å². The maximum atomic E-state index is 5.89. The quantitative estimate of drug-likeness (QED) is 0.341. The van der Waals surface area contributed by atoms with Crippen LogP contribution < -0.4 is 0 Å². The van der Waals surface area contributed by atoms with Gasteiger partial charge in [-0.1, -0.05) is 73.9 Å². The van der Waals surface area contributed by atoms with E-state index in [1.54, 1.807) is 0 Å². The van der Waals surface area contributed by atoms with Crippen molar-refractivity contribution in [2.45, 2.75) is 5.33 Å². The van der Waals surface area contributed by atoms with Crippen molar-refractivity contribution < 1.29 is 0 Å². The molecule has 0 saturated carbocycles. The molecule has 0 spiro atoms. The predicted molar refractivity (Wildman–Crippen MR) is 64.1 cm³/mol. The molecule has 0 unspecified atom stereocenters. The first-order chi connectivity index (χ1) is 6.00. The van der Waals surface area contributed by atoms with E-state index < -0.39 is 0 Å².